The van der Waals surface area contributed by atoms with Gasteiger partial charge < -0.3 is 0 Å². The van der Waals surface area contributed by atoms with Crippen LogP contribution in [-0.2, 0) is 12.5 Å². The Morgan fingerprint density at radius 1 is 0.436 bits per heavy atom. The molecule has 4 aromatic rings. The van der Waals surface area contributed by atoms with Crippen molar-refractivity contribution >= 4 is 51.2 Å². The van der Waals surface area contributed by atoms with Crippen LogP contribution in [0.25, 0.3) is 0 Å². The summed E-state index contributed by atoms with van der Waals surface area (Å²) in [5, 5.41) is 7.65. The Hall–Kier alpha value is -2.06. The van der Waals surface area contributed by atoms with Crippen molar-refractivity contribution in [1.29, 1.82) is 0 Å². The molecular formula is C34H30Cl2P2Pd. The Bertz CT molecular complexity index is 1360. The average Bonchev–Trinajstić information content (AvgIpc) is 3.72. The summed E-state index contributed by atoms with van der Waals surface area (Å²) in [4.78, 5) is 0. The van der Waals surface area contributed by atoms with Gasteiger partial charge in [0.05, 0.1) is 0 Å². The first kappa shape index (κ1) is 27.1. The minimum atomic E-state index is -3.61. The molecule has 5 heteroatoms. The number of rotatable bonds is 8. The van der Waals surface area contributed by atoms with Crippen LogP contribution >= 0.6 is 30.0 Å². The summed E-state index contributed by atoms with van der Waals surface area (Å²) in [6, 6.07) is 43.7. The molecule has 0 atom stereocenters. The average molecular weight is 678 g/mol. The van der Waals surface area contributed by atoms with Crippen LogP contribution in [0, 0.1) is 0 Å². The number of allylic oxidation sites excluding steroid dienone is 8. The molecule has 200 valence electrons. The summed E-state index contributed by atoms with van der Waals surface area (Å²) >= 11 is -3.61. The molecule has 0 radical (unpaired) electrons. The summed E-state index contributed by atoms with van der Waals surface area (Å²) in [7, 11) is 17.1. The molecule has 0 unspecified atom stereocenters. The Labute approximate surface area is 243 Å². The fourth-order valence-electron chi connectivity index (χ4n) is 5.45. The molecule has 2 aliphatic carbocycles. The van der Waals surface area contributed by atoms with Crippen molar-refractivity contribution in [3.05, 3.63) is 168 Å². The Balaban J connectivity index is 1.82. The summed E-state index contributed by atoms with van der Waals surface area (Å²) in [6.45, 7) is 0. The molecule has 0 nitrogen and oxygen atoms in total. The fraction of sp³-hybridized carbons (Fsp3) is 0.0588. The second-order valence-electron chi connectivity index (χ2n) is 9.29. The van der Waals surface area contributed by atoms with Gasteiger partial charge in [0.2, 0.25) is 0 Å². The molecule has 0 saturated heterocycles. The van der Waals surface area contributed by atoms with Crippen molar-refractivity contribution in [2.45, 2.75) is 12.8 Å². The fourth-order valence-corrected chi connectivity index (χ4v) is 53.3. The van der Waals surface area contributed by atoms with Crippen LogP contribution in [0.2, 0.25) is 0 Å². The molecule has 4 aromatic carbocycles. The Morgan fingerprint density at radius 3 is 0.949 bits per heavy atom. The maximum atomic E-state index is 8.54. The van der Waals surface area contributed by atoms with Gasteiger partial charge in [-0.2, -0.15) is 0 Å². The van der Waals surface area contributed by atoms with Gasteiger partial charge in [0, 0.05) is 0 Å². The maximum absolute atomic E-state index is 8.54. The molecule has 39 heavy (non-hydrogen) atoms. The van der Waals surface area contributed by atoms with Gasteiger partial charge in [-0.1, -0.05) is 0 Å². The van der Waals surface area contributed by atoms with Gasteiger partial charge in [-0.25, -0.2) is 0 Å². The van der Waals surface area contributed by atoms with E-state index in [2.05, 4.69) is 158 Å². The SMILES string of the molecule is [Cl][Pd-2]([Cl])([P+](C1=CCC=C1)(c1ccccc1)c1ccccc1)[P+](C1=CCC=C1)(c1ccccc1)c1ccccc1. The molecule has 0 aromatic heterocycles. The van der Waals surface area contributed by atoms with E-state index < -0.39 is 23.4 Å². The summed E-state index contributed by atoms with van der Waals surface area (Å²) in [5.41, 5.74) is -5.05. The quantitative estimate of drug-likeness (QED) is 0.129. The van der Waals surface area contributed by atoms with Gasteiger partial charge in [-0.15, -0.1) is 0 Å². The zero-order valence-corrected chi connectivity index (χ0v) is 26.2. The zero-order chi connectivity index (χ0) is 26.8. The second kappa shape index (κ2) is 11.4. The van der Waals surface area contributed by atoms with Gasteiger partial charge in [0.1, 0.15) is 0 Å². The van der Waals surface area contributed by atoms with E-state index in [1.54, 1.807) is 0 Å². The third-order valence-electron chi connectivity index (χ3n) is 7.08. The van der Waals surface area contributed by atoms with Crippen molar-refractivity contribution in [1.82, 2.24) is 0 Å². The first-order valence-corrected chi connectivity index (χ1v) is 24.4. The van der Waals surface area contributed by atoms with E-state index in [1.165, 1.54) is 31.8 Å². The van der Waals surface area contributed by atoms with Crippen LogP contribution in [0.15, 0.2) is 168 Å². The van der Waals surface area contributed by atoms with E-state index in [0.717, 1.165) is 12.8 Å². The van der Waals surface area contributed by atoms with Crippen LogP contribution < -0.4 is 21.2 Å². The summed E-state index contributed by atoms with van der Waals surface area (Å²) in [5.74, 6) is 0. The molecule has 6 rings (SSSR count). The number of hydrogen-bond acceptors (Lipinski definition) is 0. The molecule has 0 heterocycles. The van der Waals surface area contributed by atoms with Crippen LogP contribution in [0.4, 0.5) is 0 Å². The Morgan fingerprint density at radius 2 is 0.718 bits per heavy atom. The number of halogens is 2. The molecule has 0 aliphatic heterocycles. The first-order chi connectivity index (χ1) is 19.1. The van der Waals surface area contributed by atoms with E-state index in [-0.39, 0.29) is 0 Å². The molecule has 0 spiro atoms. The van der Waals surface area contributed by atoms with E-state index in [1.807, 2.05) is 0 Å². The number of hydrogen-bond donors (Lipinski definition) is 0. The monoisotopic (exact) mass is 676 g/mol. The molecule has 0 bridgehead atoms. The van der Waals surface area contributed by atoms with E-state index >= 15 is 0 Å². The van der Waals surface area contributed by atoms with Crippen molar-refractivity contribution in [2.24, 2.45) is 0 Å². The van der Waals surface area contributed by atoms with Gasteiger partial charge >= 0.3 is 245 Å². The molecular weight excluding hydrogens is 648 g/mol. The van der Waals surface area contributed by atoms with Crippen LogP contribution in [0.1, 0.15) is 12.8 Å². The standard InChI is InChI=1S/2C17H15P.2ClH.Pd/c2*1-3-9-15(10-4-1)18(17-13-7-8-14-17)16-11-5-2-6-12-16;;;/h2*1-7,9-14H,8H2;2*1H;/q;;;;+2/p-2. The van der Waals surface area contributed by atoms with Crippen LogP contribution in [-0.4, -0.2) is 0 Å². The normalized spacial score (nSPS) is 15.7. The van der Waals surface area contributed by atoms with Crippen molar-refractivity contribution in [2.75, 3.05) is 0 Å². The third kappa shape index (κ3) is 4.32. The Kier molecular flexibility index (Phi) is 7.96. The minimum absolute atomic E-state index is 0.904. The predicted molar refractivity (Wildman–Crippen MR) is 174 cm³/mol. The van der Waals surface area contributed by atoms with Crippen molar-refractivity contribution < 1.29 is 12.5 Å². The topological polar surface area (TPSA) is 0 Å². The van der Waals surface area contributed by atoms with Gasteiger partial charge in [0.25, 0.3) is 0 Å². The van der Waals surface area contributed by atoms with Gasteiger partial charge in [-0.05, 0) is 0 Å². The predicted octanol–water partition coefficient (Wildman–Crippen LogP) is 9.30. The van der Waals surface area contributed by atoms with Gasteiger partial charge in [-0.3, -0.25) is 0 Å². The third-order valence-corrected chi connectivity index (χ3v) is 46.9. The molecule has 0 fully saturated rings. The van der Waals surface area contributed by atoms with Crippen molar-refractivity contribution in [3.8, 4) is 0 Å². The van der Waals surface area contributed by atoms with E-state index in [4.69, 9.17) is 19.1 Å². The summed E-state index contributed by atoms with van der Waals surface area (Å²) < 4.78 is 0. The van der Waals surface area contributed by atoms with E-state index in [9.17, 15) is 0 Å². The molecule has 0 saturated carbocycles. The zero-order valence-electron chi connectivity index (χ0n) is 21.4. The van der Waals surface area contributed by atoms with Gasteiger partial charge in [0.15, 0.2) is 0 Å². The van der Waals surface area contributed by atoms with Crippen LogP contribution in [0.3, 0.4) is 0 Å². The second-order valence-corrected chi connectivity index (χ2v) is 37.7. The molecule has 0 N–H and O–H groups in total. The molecule has 0 amide bonds. The van der Waals surface area contributed by atoms with Crippen LogP contribution in [0.5, 0.6) is 0 Å². The van der Waals surface area contributed by atoms with Crippen molar-refractivity contribution in [3.63, 3.8) is 0 Å². The summed E-state index contributed by atoms with van der Waals surface area (Å²) in [6.07, 6.45) is 15.7. The van der Waals surface area contributed by atoms with E-state index in [0.29, 0.717) is 0 Å². The number of benzene rings is 4. The first-order valence-electron chi connectivity index (χ1n) is 13.0. The molecule has 2 aliphatic rings.